The number of pyridine rings is 1. The molecule has 0 radical (unpaired) electrons. The first-order chi connectivity index (χ1) is 10.8. The van der Waals surface area contributed by atoms with E-state index in [-0.39, 0.29) is 18.0 Å². The summed E-state index contributed by atoms with van der Waals surface area (Å²) in [5.74, 6) is 0.572. The number of carbonyl (C=O) groups excluding carboxylic acids is 1. The lowest BCUT2D eigenvalue weighted by molar-refractivity contribution is -0.121. The van der Waals surface area contributed by atoms with Gasteiger partial charge in [0.05, 0.1) is 0 Å². The quantitative estimate of drug-likeness (QED) is 0.547. The number of hydrogen-bond acceptors (Lipinski definition) is 3. The van der Waals surface area contributed by atoms with E-state index in [1.165, 1.54) is 11.1 Å². The van der Waals surface area contributed by atoms with E-state index in [1.54, 1.807) is 6.20 Å². The minimum atomic E-state index is -0.239. The van der Waals surface area contributed by atoms with Crippen molar-refractivity contribution >= 4 is 11.9 Å². The predicted molar refractivity (Wildman–Crippen MR) is 94.6 cm³/mol. The van der Waals surface area contributed by atoms with E-state index in [9.17, 15) is 4.79 Å². The lowest BCUT2D eigenvalue weighted by Crippen LogP contribution is -2.43. The maximum Gasteiger partial charge on any atom is 0.242 e. The first-order valence-corrected chi connectivity index (χ1v) is 8.04. The van der Waals surface area contributed by atoms with Crippen LogP contribution in [0, 0.1) is 6.92 Å². The van der Waals surface area contributed by atoms with E-state index in [4.69, 9.17) is 0 Å². The van der Waals surface area contributed by atoms with E-state index >= 15 is 0 Å². The highest BCUT2D eigenvalue weighted by Gasteiger charge is 2.13. The van der Waals surface area contributed by atoms with Crippen molar-refractivity contribution in [1.82, 2.24) is 20.9 Å². The fraction of sp³-hybridized carbons (Fsp3) is 0.588. The van der Waals surface area contributed by atoms with Gasteiger partial charge in [0.1, 0.15) is 6.54 Å². The summed E-state index contributed by atoms with van der Waals surface area (Å²) in [6.45, 7) is 11.5. The van der Waals surface area contributed by atoms with E-state index < -0.39 is 0 Å². The molecule has 128 valence electrons. The van der Waals surface area contributed by atoms with Crippen molar-refractivity contribution in [2.24, 2.45) is 4.99 Å². The molecule has 0 atom stereocenters. The minimum Gasteiger partial charge on any atom is -0.357 e. The van der Waals surface area contributed by atoms with E-state index in [2.05, 4.69) is 32.9 Å². The lowest BCUT2D eigenvalue weighted by Gasteiger charge is -2.20. The van der Waals surface area contributed by atoms with Crippen molar-refractivity contribution in [1.29, 1.82) is 0 Å². The molecular formula is C17H29N5O. The number of nitrogens with one attached hydrogen (secondary N) is 3. The monoisotopic (exact) mass is 319 g/mol. The van der Waals surface area contributed by atoms with Crippen LogP contribution in [0.1, 0.15) is 38.8 Å². The van der Waals surface area contributed by atoms with Crippen LogP contribution in [0.25, 0.3) is 0 Å². The molecule has 0 unspecified atom stereocenters. The molecule has 6 heteroatoms. The highest BCUT2D eigenvalue weighted by molar-refractivity contribution is 5.85. The molecule has 1 aromatic rings. The third-order valence-electron chi connectivity index (χ3n) is 3.06. The fourth-order valence-electron chi connectivity index (χ4n) is 2.05. The SMILES string of the molecule is CCNC(=NCC(=O)NC(C)(C)C)NCCc1ccncc1C. The summed E-state index contributed by atoms with van der Waals surface area (Å²) >= 11 is 0. The molecule has 1 amide bonds. The maximum absolute atomic E-state index is 11.8. The zero-order chi connectivity index (χ0) is 17.3. The average Bonchev–Trinajstić information content (AvgIpc) is 2.45. The van der Waals surface area contributed by atoms with Gasteiger partial charge >= 0.3 is 0 Å². The van der Waals surface area contributed by atoms with Crippen LogP contribution in [0.15, 0.2) is 23.5 Å². The Kier molecular flexibility index (Phi) is 7.51. The topological polar surface area (TPSA) is 78.4 Å². The zero-order valence-electron chi connectivity index (χ0n) is 14.9. The Bertz CT molecular complexity index is 534. The third kappa shape index (κ3) is 8.18. The molecule has 6 nitrogen and oxygen atoms in total. The van der Waals surface area contributed by atoms with Crippen LogP contribution in [-0.4, -0.2) is 42.0 Å². The number of carbonyl (C=O) groups is 1. The van der Waals surface area contributed by atoms with Gasteiger partial charge in [-0.15, -0.1) is 0 Å². The summed E-state index contributed by atoms with van der Waals surface area (Å²) < 4.78 is 0. The summed E-state index contributed by atoms with van der Waals surface area (Å²) in [6.07, 6.45) is 4.55. The van der Waals surface area contributed by atoms with Crippen molar-refractivity contribution in [3.05, 3.63) is 29.6 Å². The van der Waals surface area contributed by atoms with Crippen LogP contribution >= 0.6 is 0 Å². The number of hydrogen-bond donors (Lipinski definition) is 3. The van der Waals surface area contributed by atoms with Gasteiger partial charge in [-0.2, -0.15) is 0 Å². The van der Waals surface area contributed by atoms with Crippen LogP contribution in [-0.2, 0) is 11.2 Å². The van der Waals surface area contributed by atoms with Crippen molar-refractivity contribution in [2.75, 3.05) is 19.6 Å². The molecular weight excluding hydrogens is 290 g/mol. The molecule has 0 aromatic carbocycles. The molecule has 1 aromatic heterocycles. The molecule has 23 heavy (non-hydrogen) atoms. The third-order valence-corrected chi connectivity index (χ3v) is 3.06. The first-order valence-electron chi connectivity index (χ1n) is 8.04. The Morgan fingerprint density at radius 1 is 1.30 bits per heavy atom. The minimum absolute atomic E-state index is 0.0836. The molecule has 0 spiro atoms. The molecule has 0 aliphatic heterocycles. The highest BCUT2D eigenvalue weighted by atomic mass is 16.2. The van der Waals surface area contributed by atoms with Crippen LogP contribution in [0.3, 0.4) is 0 Å². The number of rotatable bonds is 6. The van der Waals surface area contributed by atoms with Crippen LogP contribution < -0.4 is 16.0 Å². The zero-order valence-corrected chi connectivity index (χ0v) is 14.9. The van der Waals surface area contributed by atoms with Gasteiger partial charge in [0.15, 0.2) is 5.96 Å². The van der Waals surface area contributed by atoms with Crippen LogP contribution in [0.2, 0.25) is 0 Å². The summed E-state index contributed by atoms with van der Waals surface area (Å²) in [7, 11) is 0. The molecule has 0 saturated carbocycles. The van der Waals surface area contributed by atoms with Gasteiger partial charge < -0.3 is 16.0 Å². The molecule has 0 saturated heterocycles. The standard InChI is InChI=1S/C17H29N5O/c1-6-19-16(21-12-15(23)22-17(3,4)5)20-10-8-14-7-9-18-11-13(14)2/h7,9,11H,6,8,10,12H2,1-5H3,(H,22,23)(H2,19,20,21). The lowest BCUT2D eigenvalue weighted by atomic mass is 10.1. The van der Waals surface area contributed by atoms with Crippen molar-refractivity contribution < 1.29 is 4.79 Å². The Morgan fingerprint density at radius 2 is 2.04 bits per heavy atom. The van der Waals surface area contributed by atoms with Crippen molar-refractivity contribution in [2.45, 2.75) is 46.6 Å². The Labute approximate surface area is 139 Å². The Balaban J connectivity index is 2.49. The highest BCUT2D eigenvalue weighted by Crippen LogP contribution is 2.04. The largest absolute Gasteiger partial charge is 0.357 e. The van der Waals surface area contributed by atoms with Crippen molar-refractivity contribution in [3.8, 4) is 0 Å². The van der Waals surface area contributed by atoms with Crippen LogP contribution in [0.4, 0.5) is 0 Å². The second-order valence-electron chi connectivity index (χ2n) is 6.47. The van der Waals surface area contributed by atoms with Gasteiger partial charge in [-0.05, 0) is 58.2 Å². The van der Waals surface area contributed by atoms with E-state index in [0.29, 0.717) is 5.96 Å². The predicted octanol–water partition coefficient (Wildman–Crippen LogP) is 1.40. The summed E-state index contributed by atoms with van der Waals surface area (Å²) in [5.41, 5.74) is 2.20. The Hall–Kier alpha value is -2.11. The molecule has 1 heterocycles. The molecule has 3 N–H and O–H groups in total. The van der Waals surface area contributed by atoms with E-state index in [0.717, 1.165) is 19.5 Å². The van der Waals surface area contributed by atoms with Gasteiger partial charge in [-0.25, -0.2) is 4.99 Å². The molecule has 0 fully saturated rings. The number of aromatic nitrogens is 1. The molecule has 0 aliphatic carbocycles. The number of aryl methyl sites for hydroxylation is 1. The summed E-state index contributed by atoms with van der Waals surface area (Å²) in [6, 6.07) is 2.03. The van der Waals surface area contributed by atoms with E-state index in [1.807, 2.05) is 40.0 Å². The molecule has 0 bridgehead atoms. The Morgan fingerprint density at radius 3 is 2.65 bits per heavy atom. The van der Waals surface area contributed by atoms with Gasteiger partial charge in [-0.3, -0.25) is 9.78 Å². The van der Waals surface area contributed by atoms with Gasteiger partial charge in [-0.1, -0.05) is 0 Å². The number of aliphatic imine (C=N–C) groups is 1. The van der Waals surface area contributed by atoms with Crippen molar-refractivity contribution in [3.63, 3.8) is 0 Å². The second kappa shape index (κ2) is 9.12. The van der Waals surface area contributed by atoms with Gasteiger partial charge in [0, 0.05) is 31.0 Å². The smallest absolute Gasteiger partial charge is 0.242 e. The summed E-state index contributed by atoms with van der Waals surface area (Å²) in [5, 5.41) is 9.30. The normalized spacial score (nSPS) is 12.0. The number of nitrogens with zero attached hydrogens (tertiary/aromatic N) is 2. The maximum atomic E-state index is 11.8. The second-order valence-corrected chi connectivity index (χ2v) is 6.47. The molecule has 0 aliphatic rings. The number of guanidine groups is 1. The molecule has 1 rings (SSSR count). The van der Waals surface area contributed by atoms with Gasteiger partial charge in [0.25, 0.3) is 0 Å². The fourth-order valence-corrected chi connectivity index (χ4v) is 2.05. The van der Waals surface area contributed by atoms with Crippen LogP contribution in [0.5, 0.6) is 0 Å². The number of amides is 1. The summed E-state index contributed by atoms with van der Waals surface area (Å²) in [4.78, 5) is 20.2. The van der Waals surface area contributed by atoms with Gasteiger partial charge in [0.2, 0.25) is 5.91 Å². The average molecular weight is 319 g/mol. The first kappa shape index (κ1) is 18.9.